The van der Waals surface area contributed by atoms with Gasteiger partial charge in [-0.15, -0.1) is 0 Å². The molecule has 2 aromatic rings. The molecule has 0 bridgehead atoms. The number of rotatable bonds is 3. The van der Waals surface area contributed by atoms with E-state index in [-0.39, 0.29) is 0 Å². The van der Waals surface area contributed by atoms with E-state index in [4.69, 9.17) is 4.98 Å². The summed E-state index contributed by atoms with van der Waals surface area (Å²) in [6.07, 6.45) is 12.5. The number of thiol groups is 1. The molecule has 1 saturated heterocycles. The topological polar surface area (TPSA) is 40.7 Å². The summed E-state index contributed by atoms with van der Waals surface area (Å²) in [4.78, 5) is 8.45. The summed E-state index contributed by atoms with van der Waals surface area (Å²) in [5.74, 6) is 4.44. The highest BCUT2D eigenvalue weighted by Gasteiger charge is 2.21. The second-order valence-electron chi connectivity index (χ2n) is 8.84. The molecule has 0 amide bonds. The number of H-pyrrole nitrogens is 1. The summed E-state index contributed by atoms with van der Waals surface area (Å²) >= 11 is 0. The SMILES string of the molecule is CCc1[nH]c([C@@H]2CCCN2)nc1-c1ccc(C#C[SH](C)(C)(C)C)cc1. The van der Waals surface area contributed by atoms with Crippen LogP contribution < -0.4 is 5.32 Å². The number of imidazole rings is 1. The first-order valence-corrected chi connectivity index (χ1v) is 13.2. The number of benzene rings is 1. The van der Waals surface area contributed by atoms with Gasteiger partial charge in [0.25, 0.3) is 0 Å². The summed E-state index contributed by atoms with van der Waals surface area (Å²) in [5.41, 5.74) is 4.55. The average Bonchev–Trinajstić information content (AvgIpc) is 3.21. The van der Waals surface area contributed by atoms with Gasteiger partial charge >= 0.3 is 0 Å². The van der Waals surface area contributed by atoms with Crippen LogP contribution in [0.25, 0.3) is 11.3 Å². The van der Waals surface area contributed by atoms with Gasteiger partial charge < -0.3 is 10.3 Å². The fourth-order valence-corrected chi connectivity index (χ4v) is 3.58. The van der Waals surface area contributed by atoms with Crippen LogP contribution in [0.15, 0.2) is 24.3 Å². The Morgan fingerprint density at radius 2 is 1.88 bits per heavy atom. The highest BCUT2D eigenvalue weighted by Crippen LogP contribution is 2.54. The largest absolute Gasteiger partial charge is 0.344 e. The van der Waals surface area contributed by atoms with Crippen LogP contribution in [-0.4, -0.2) is 41.5 Å². The quantitative estimate of drug-likeness (QED) is 0.575. The maximum absolute atomic E-state index is 4.91. The Bertz CT molecular complexity index is 798. The molecule has 3 nitrogen and oxygen atoms in total. The van der Waals surface area contributed by atoms with Crippen molar-refractivity contribution in [1.29, 1.82) is 0 Å². The lowest BCUT2D eigenvalue weighted by molar-refractivity contribution is 0.611. The predicted molar refractivity (Wildman–Crippen MR) is 113 cm³/mol. The van der Waals surface area contributed by atoms with E-state index in [1.807, 2.05) is 0 Å². The van der Waals surface area contributed by atoms with E-state index in [1.54, 1.807) is 0 Å². The van der Waals surface area contributed by atoms with E-state index < -0.39 is 9.16 Å². The fraction of sp³-hybridized carbons (Fsp3) is 0.476. The number of hydrogen-bond acceptors (Lipinski definition) is 2. The molecule has 0 spiro atoms. The molecule has 1 aromatic carbocycles. The second-order valence-corrected chi connectivity index (χ2v) is 16.2. The van der Waals surface area contributed by atoms with Crippen molar-refractivity contribution in [2.24, 2.45) is 0 Å². The molecule has 0 saturated carbocycles. The lowest BCUT2D eigenvalue weighted by Crippen LogP contribution is -2.14. The summed E-state index contributed by atoms with van der Waals surface area (Å²) < 4.78 is 0. The number of aromatic nitrogens is 2. The number of nitrogens with one attached hydrogen (secondary N) is 2. The summed E-state index contributed by atoms with van der Waals surface area (Å²) in [7, 11) is -1.79. The van der Waals surface area contributed by atoms with E-state index in [0.29, 0.717) is 6.04 Å². The van der Waals surface area contributed by atoms with Crippen molar-refractivity contribution in [2.45, 2.75) is 32.2 Å². The molecular formula is C21H31N3S. The van der Waals surface area contributed by atoms with Gasteiger partial charge in [0.05, 0.1) is 11.7 Å². The third-order valence-corrected chi connectivity index (χ3v) is 5.35. The Balaban J connectivity index is 1.87. The van der Waals surface area contributed by atoms with Crippen molar-refractivity contribution in [3.63, 3.8) is 0 Å². The molecule has 1 aliphatic rings. The van der Waals surface area contributed by atoms with Gasteiger partial charge in [-0.3, -0.25) is 0 Å². The average molecular weight is 358 g/mol. The predicted octanol–water partition coefficient (Wildman–Crippen LogP) is 3.96. The molecule has 136 valence electrons. The Morgan fingerprint density at radius 1 is 1.16 bits per heavy atom. The van der Waals surface area contributed by atoms with Crippen LogP contribution in [-0.2, 0) is 6.42 Å². The maximum atomic E-state index is 4.91. The number of aryl methyl sites for hydroxylation is 1. The molecule has 1 atom stereocenters. The Morgan fingerprint density at radius 3 is 2.44 bits per heavy atom. The minimum atomic E-state index is -1.79. The Hall–Kier alpha value is -1.70. The van der Waals surface area contributed by atoms with E-state index in [9.17, 15) is 0 Å². The minimum Gasteiger partial charge on any atom is -0.344 e. The molecule has 0 aliphatic carbocycles. The van der Waals surface area contributed by atoms with Gasteiger partial charge in [0.2, 0.25) is 0 Å². The summed E-state index contributed by atoms with van der Waals surface area (Å²) in [6.45, 7) is 3.27. The van der Waals surface area contributed by atoms with Gasteiger partial charge in [0.1, 0.15) is 5.82 Å². The Labute approximate surface area is 152 Å². The van der Waals surface area contributed by atoms with Crippen molar-refractivity contribution in [1.82, 2.24) is 15.3 Å². The van der Waals surface area contributed by atoms with Gasteiger partial charge in [-0.05, 0) is 63.0 Å². The molecule has 0 radical (unpaired) electrons. The molecule has 0 unspecified atom stereocenters. The molecule has 2 heterocycles. The zero-order chi connectivity index (χ0) is 18.1. The third kappa shape index (κ3) is 4.68. The molecular weight excluding hydrogens is 326 g/mol. The van der Waals surface area contributed by atoms with Gasteiger partial charge in [-0.25, -0.2) is 14.1 Å². The molecule has 2 N–H and O–H groups in total. The highest BCUT2D eigenvalue weighted by atomic mass is 32.3. The number of nitrogens with zero attached hydrogens (tertiary/aromatic N) is 1. The first-order chi connectivity index (χ1) is 11.7. The monoisotopic (exact) mass is 357 g/mol. The summed E-state index contributed by atoms with van der Waals surface area (Å²) in [6, 6.07) is 8.91. The lowest BCUT2D eigenvalue weighted by Gasteiger charge is -2.40. The fourth-order valence-electron chi connectivity index (χ4n) is 3.01. The zero-order valence-corrected chi connectivity index (χ0v) is 17.0. The van der Waals surface area contributed by atoms with E-state index in [0.717, 1.165) is 30.0 Å². The van der Waals surface area contributed by atoms with Crippen LogP contribution in [0.4, 0.5) is 0 Å². The molecule has 25 heavy (non-hydrogen) atoms. The zero-order valence-electron chi connectivity index (χ0n) is 16.1. The van der Waals surface area contributed by atoms with Gasteiger partial charge in [0, 0.05) is 16.8 Å². The van der Waals surface area contributed by atoms with Crippen LogP contribution in [0.2, 0.25) is 0 Å². The van der Waals surface area contributed by atoms with Crippen LogP contribution >= 0.6 is 9.16 Å². The van der Waals surface area contributed by atoms with Crippen LogP contribution in [0.1, 0.15) is 42.9 Å². The van der Waals surface area contributed by atoms with Crippen molar-refractivity contribution >= 4 is 9.16 Å². The molecule has 3 rings (SSSR count). The minimum absolute atomic E-state index is 0.376. The van der Waals surface area contributed by atoms with E-state index in [2.05, 4.69) is 77.7 Å². The normalized spacial score (nSPS) is 19.1. The summed E-state index contributed by atoms with van der Waals surface area (Å²) in [5, 5.41) is 7.01. The molecule has 1 fully saturated rings. The maximum Gasteiger partial charge on any atom is 0.124 e. The van der Waals surface area contributed by atoms with Gasteiger partial charge in [0.15, 0.2) is 0 Å². The highest BCUT2D eigenvalue weighted by molar-refractivity contribution is 8.51. The first kappa shape index (κ1) is 18.1. The van der Waals surface area contributed by atoms with Crippen LogP contribution in [0.5, 0.6) is 0 Å². The standard InChI is InChI=1S/C21H31N3S/c1-6-18-20(24-21(23-18)19-8-7-14-22-19)17-11-9-16(10-12-17)13-15-25(2,3,4)5/h9-12,19,22,25H,6-8,14H2,1-5H3,(H,23,24)/t19-/m0/s1. The molecule has 1 aliphatic heterocycles. The van der Waals surface area contributed by atoms with Crippen LogP contribution in [0.3, 0.4) is 0 Å². The van der Waals surface area contributed by atoms with Gasteiger partial charge in [-0.2, -0.15) is 0 Å². The molecule has 1 aromatic heterocycles. The third-order valence-electron chi connectivity index (χ3n) is 4.35. The smallest absolute Gasteiger partial charge is 0.124 e. The van der Waals surface area contributed by atoms with Crippen molar-refractivity contribution in [2.75, 3.05) is 31.6 Å². The number of aromatic amines is 1. The second kappa shape index (κ2) is 6.55. The van der Waals surface area contributed by atoms with Crippen molar-refractivity contribution in [3.05, 3.63) is 41.3 Å². The first-order valence-electron chi connectivity index (χ1n) is 9.18. The Kier molecular flexibility index (Phi) is 4.74. The number of hydrogen-bond donors (Lipinski definition) is 3. The van der Waals surface area contributed by atoms with Crippen molar-refractivity contribution in [3.8, 4) is 22.4 Å². The van der Waals surface area contributed by atoms with E-state index in [1.165, 1.54) is 24.1 Å². The van der Waals surface area contributed by atoms with Crippen LogP contribution in [0, 0.1) is 11.2 Å². The van der Waals surface area contributed by atoms with E-state index >= 15 is 0 Å². The molecule has 4 heteroatoms. The lowest BCUT2D eigenvalue weighted by atomic mass is 10.1. The van der Waals surface area contributed by atoms with Crippen molar-refractivity contribution < 1.29 is 0 Å². The van der Waals surface area contributed by atoms with Gasteiger partial charge in [-0.1, -0.05) is 30.2 Å².